The first-order chi connectivity index (χ1) is 23.6. The van der Waals surface area contributed by atoms with Gasteiger partial charge in [-0.25, -0.2) is 4.79 Å². The van der Waals surface area contributed by atoms with Crippen LogP contribution in [0.2, 0.25) is 0 Å². The van der Waals surface area contributed by atoms with Crippen LogP contribution in [0.15, 0.2) is 0 Å². The number of hydrogen-bond donors (Lipinski definition) is 10. The molecule has 0 radical (unpaired) electrons. The number of aliphatic hydroxyl groups is 3. The Morgan fingerprint density at radius 3 is 1.72 bits per heavy atom. The van der Waals surface area contributed by atoms with Crippen molar-refractivity contribution in [3.8, 4) is 0 Å². The summed E-state index contributed by atoms with van der Waals surface area (Å²) < 4.78 is 0. The number of nitrogens with one attached hydrogen (secondary N) is 5. The Balaban J connectivity index is 2.95. The van der Waals surface area contributed by atoms with Gasteiger partial charge in [-0.1, -0.05) is 13.8 Å². The molecular weight excluding hydrogens is 699 g/mol. The molecule has 1 aliphatic heterocycles. The van der Waals surface area contributed by atoms with E-state index < -0.39 is 104 Å². The Kier molecular flexibility index (Phi) is 20.9. The number of amides is 6. The minimum absolute atomic E-state index is 0.0501. The molecule has 1 aliphatic rings. The number of carbonyl (C=O) groups excluding carboxylic acids is 6. The van der Waals surface area contributed by atoms with Gasteiger partial charge in [-0.05, 0) is 62.0 Å². The Hall–Kier alpha value is -3.17. The highest BCUT2D eigenvalue weighted by Crippen LogP contribution is 2.19. The number of thioether (sulfide) groups is 2. The summed E-state index contributed by atoms with van der Waals surface area (Å²) in [6, 6.07) is -9.04. The molecular formula is C30H53N7O11S2. The topological polar surface area (TPSA) is 290 Å². The van der Waals surface area contributed by atoms with Crippen LogP contribution >= 0.6 is 23.5 Å². The van der Waals surface area contributed by atoms with Crippen LogP contribution in [0.4, 0.5) is 0 Å². The van der Waals surface area contributed by atoms with Crippen LogP contribution in [-0.2, 0) is 33.6 Å². The first-order valence-electron chi connectivity index (χ1n) is 16.3. The fourth-order valence-electron chi connectivity index (χ4n) is 5.01. The second-order valence-corrected chi connectivity index (χ2v) is 14.2. The van der Waals surface area contributed by atoms with Gasteiger partial charge >= 0.3 is 5.97 Å². The van der Waals surface area contributed by atoms with Crippen molar-refractivity contribution in [2.24, 2.45) is 11.7 Å². The highest BCUT2D eigenvalue weighted by atomic mass is 32.2. The standard InChI is InChI=1S/C30H53N7O11S2/c1-16(2)12-19(30(47)48)33-25(42)18(8-11-50-4)32-26(43)20(13-38)34-27(44)21(14-39)35-28(45)23-6-5-9-37(23)29(46)22(15-40)36-24(41)17(31)7-10-49-3/h16-23,38-40H,5-15,31H2,1-4H3,(H,32,43)(H,33,42)(H,34,44)(H,35,45)(H,36,41)(H,47,48)/t17-,18-,19-,20-,21-,22-,23-/m0/s1. The first-order valence-corrected chi connectivity index (χ1v) is 19.0. The van der Waals surface area contributed by atoms with Gasteiger partial charge < -0.3 is 57.6 Å². The van der Waals surface area contributed by atoms with Crippen molar-refractivity contribution >= 4 is 64.9 Å². The van der Waals surface area contributed by atoms with Crippen LogP contribution in [0.3, 0.4) is 0 Å². The molecule has 0 saturated carbocycles. The Morgan fingerprint density at radius 1 is 0.720 bits per heavy atom. The third kappa shape index (κ3) is 14.6. The van der Waals surface area contributed by atoms with E-state index in [0.717, 1.165) is 4.90 Å². The summed E-state index contributed by atoms with van der Waals surface area (Å²) >= 11 is 2.86. The summed E-state index contributed by atoms with van der Waals surface area (Å²) in [5.41, 5.74) is 5.86. The Labute approximate surface area is 300 Å². The molecule has 0 aromatic carbocycles. The molecule has 20 heteroatoms. The molecule has 7 atom stereocenters. The summed E-state index contributed by atoms with van der Waals surface area (Å²) in [7, 11) is 0. The number of aliphatic hydroxyl groups excluding tert-OH is 3. The first kappa shape index (κ1) is 44.9. The van der Waals surface area contributed by atoms with E-state index in [-0.39, 0.29) is 31.7 Å². The van der Waals surface area contributed by atoms with E-state index in [4.69, 9.17) is 5.73 Å². The lowest BCUT2D eigenvalue weighted by Gasteiger charge is -2.29. The summed E-state index contributed by atoms with van der Waals surface area (Å²) in [4.78, 5) is 90.8. The molecule has 0 aromatic rings. The molecule has 1 rings (SSSR count). The maximum Gasteiger partial charge on any atom is 0.326 e. The Morgan fingerprint density at radius 2 is 1.20 bits per heavy atom. The van der Waals surface area contributed by atoms with Gasteiger partial charge in [0, 0.05) is 6.54 Å². The number of likely N-dealkylation sites (tertiary alicyclic amines) is 1. The number of aliphatic carboxylic acids is 1. The van der Waals surface area contributed by atoms with Crippen LogP contribution in [0.1, 0.15) is 46.0 Å². The van der Waals surface area contributed by atoms with E-state index in [0.29, 0.717) is 24.3 Å². The fraction of sp³-hybridized carbons (Fsp3) is 0.767. The van der Waals surface area contributed by atoms with Crippen LogP contribution in [0, 0.1) is 5.92 Å². The normalized spacial score (nSPS) is 17.9. The highest BCUT2D eigenvalue weighted by molar-refractivity contribution is 7.98. The minimum atomic E-state index is -1.62. The van der Waals surface area contributed by atoms with Gasteiger partial charge in [-0.3, -0.25) is 28.8 Å². The lowest BCUT2D eigenvalue weighted by molar-refractivity contribution is -0.143. The average Bonchev–Trinajstić information content (AvgIpc) is 3.58. The van der Waals surface area contributed by atoms with E-state index in [1.54, 1.807) is 20.1 Å². The number of carboxylic acid groups (broad SMARTS) is 1. The predicted octanol–water partition coefficient (Wildman–Crippen LogP) is -3.66. The zero-order valence-electron chi connectivity index (χ0n) is 28.9. The molecule has 1 saturated heterocycles. The zero-order valence-corrected chi connectivity index (χ0v) is 30.5. The lowest BCUT2D eigenvalue weighted by atomic mass is 10.0. The zero-order chi connectivity index (χ0) is 38.0. The van der Waals surface area contributed by atoms with Crippen LogP contribution in [-0.4, -0.2) is 159 Å². The van der Waals surface area contributed by atoms with E-state index in [1.165, 1.54) is 23.5 Å². The minimum Gasteiger partial charge on any atom is -0.480 e. The third-order valence-electron chi connectivity index (χ3n) is 7.80. The van der Waals surface area contributed by atoms with Crippen LogP contribution in [0.5, 0.6) is 0 Å². The molecule has 0 aliphatic carbocycles. The second kappa shape index (κ2) is 23.3. The highest BCUT2D eigenvalue weighted by Gasteiger charge is 2.39. The van der Waals surface area contributed by atoms with Gasteiger partial charge in [0.15, 0.2) is 0 Å². The molecule has 50 heavy (non-hydrogen) atoms. The number of rotatable bonds is 23. The predicted molar refractivity (Wildman–Crippen MR) is 187 cm³/mol. The average molecular weight is 752 g/mol. The summed E-state index contributed by atoms with van der Waals surface area (Å²) in [6.07, 6.45) is 4.78. The number of nitrogens with zero attached hydrogens (tertiary/aromatic N) is 1. The van der Waals surface area contributed by atoms with Crippen molar-refractivity contribution in [1.29, 1.82) is 0 Å². The maximum atomic E-state index is 13.2. The number of hydrogen-bond acceptors (Lipinski definition) is 13. The van der Waals surface area contributed by atoms with Gasteiger partial charge in [0.25, 0.3) is 0 Å². The molecule has 1 heterocycles. The van der Waals surface area contributed by atoms with Gasteiger partial charge in [0.2, 0.25) is 35.4 Å². The maximum absolute atomic E-state index is 13.2. The van der Waals surface area contributed by atoms with E-state index in [9.17, 15) is 54.0 Å². The molecule has 18 nitrogen and oxygen atoms in total. The molecule has 0 spiro atoms. The Bertz CT molecular complexity index is 1170. The second-order valence-electron chi connectivity index (χ2n) is 12.2. The van der Waals surface area contributed by atoms with E-state index in [1.807, 2.05) is 6.26 Å². The van der Waals surface area contributed by atoms with Crippen molar-refractivity contribution < 1.29 is 54.0 Å². The smallest absolute Gasteiger partial charge is 0.326 e. The fourth-order valence-corrected chi connectivity index (χ4v) is 5.97. The number of carbonyl (C=O) groups is 7. The van der Waals surface area contributed by atoms with E-state index >= 15 is 0 Å². The molecule has 0 bridgehead atoms. The van der Waals surface area contributed by atoms with Gasteiger partial charge in [0.05, 0.1) is 25.9 Å². The third-order valence-corrected chi connectivity index (χ3v) is 9.09. The molecule has 11 N–H and O–H groups in total. The number of nitrogens with two attached hydrogens (primary N) is 1. The summed E-state index contributed by atoms with van der Waals surface area (Å²) in [5.74, 6) is -5.27. The molecule has 0 aromatic heterocycles. The van der Waals surface area contributed by atoms with Crippen LogP contribution < -0.4 is 32.3 Å². The monoisotopic (exact) mass is 751 g/mol. The summed E-state index contributed by atoms with van der Waals surface area (Å²) in [5, 5.41) is 51.0. The van der Waals surface area contributed by atoms with Gasteiger partial charge in [0.1, 0.15) is 36.3 Å². The SMILES string of the molecule is CSCC[C@H](NC(=O)[C@H](CO)NC(=O)[C@H](CO)NC(=O)[C@@H]1CCCN1C(=O)[C@H](CO)NC(=O)[C@@H](N)CCSC)C(=O)N[C@@H](CC(C)C)C(=O)O. The lowest BCUT2D eigenvalue weighted by Crippen LogP contribution is -2.61. The van der Waals surface area contributed by atoms with Crippen molar-refractivity contribution in [3.05, 3.63) is 0 Å². The van der Waals surface area contributed by atoms with Crippen molar-refractivity contribution in [2.75, 3.05) is 50.4 Å². The molecule has 286 valence electrons. The van der Waals surface area contributed by atoms with Crippen molar-refractivity contribution in [3.63, 3.8) is 0 Å². The number of carboxylic acids is 1. The van der Waals surface area contributed by atoms with Crippen molar-refractivity contribution in [1.82, 2.24) is 31.5 Å². The molecule has 1 fully saturated rings. The van der Waals surface area contributed by atoms with Gasteiger partial charge in [-0.2, -0.15) is 23.5 Å². The quantitative estimate of drug-likeness (QED) is 0.0482. The molecule has 0 unspecified atom stereocenters. The largest absolute Gasteiger partial charge is 0.480 e. The van der Waals surface area contributed by atoms with E-state index in [2.05, 4.69) is 26.6 Å². The molecule has 6 amide bonds. The van der Waals surface area contributed by atoms with Crippen molar-refractivity contribution in [2.45, 2.75) is 88.2 Å². The van der Waals surface area contributed by atoms with Gasteiger partial charge in [-0.15, -0.1) is 0 Å². The summed E-state index contributed by atoms with van der Waals surface area (Å²) in [6.45, 7) is 1.08. The van der Waals surface area contributed by atoms with Crippen LogP contribution in [0.25, 0.3) is 0 Å².